The van der Waals surface area contributed by atoms with E-state index in [1.807, 2.05) is 54.6 Å². The van der Waals surface area contributed by atoms with Crippen molar-refractivity contribution in [1.82, 2.24) is 40.8 Å². The molecular formula is C15H12N8. The molecule has 23 heavy (non-hydrogen) atoms. The highest BCUT2D eigenvalue weighted by Crippen LogP contribution is 2.15. The zero-order chi connectivity index (χ0) is 15.5. The van der Waals surface area contributed by atoms with Gasteiger partial charge in [-0.15, -0.1) is 20.4 Å². The molecule has 0 atom stereocenters. The highest BCUT2D eigenvalue weighted by atomic mass is 15.6. The number of hydrogen-bond acceptors (Lipinski definition) is 6. The highest BCUT2D eigenvalue weighted by Gasteiger charge is 2.07. The van der Waals surface area contributed by atoms with Crippen LogP contribution >= 0.6 is 0 Å². The molecule has 0 radical (unpaired) electrons. The topological polar surface area (TPSA) is 98.1 Å². The van der Waals surface area contributed by atoms with Gasteiger partial charge in [-0.05, 0) is 16.0 Å². The van der Waals surface area contributed by atoms with Crippen molar-refractivity contribution < 1.29 is 0 Å². The Labute approximate surface area is 131 Å². The SMILES string of the molecule is c1ccc(-c2nnn(Cc3ccc(-c4nn[nH]n4)cc3)n2)cc1. The Morgan fingerprint density at radius 3 is 2.35 bits per heavy atom. The van der Waals surface area contributed by atoms with Gasteiger partial charge in [0.15, 0.2) is 0 Å². The van der Waals surface area contributed by atoms with Crippen molar-refractivity contribution in [2.24, 2.45) is 0 Å². The van der Waals surface area contributed by atoms with E-state index < -0.39 is 0 Å². The summed E-state index contributed by atoms with van der Waals surface area (Å²) in [5, 5.41) is 26.5. The monoisotopic (exact) mass is 304 g/mol. The van der Waals surface area contributed by atoms with Crippen LogP contribution < -0.4 is 0 Å². The number of H-pyrrole nitrogens is 1. The smallest absolute Gasteiger partial charge is 0.177 e. The Morgan fingerprint density at radius 2 is 1.61 bits per heavy atom. The predicted molar refractivity (Wildman–Crippen MR) is 82.0 cm³/mol. The molecule has 4 aromatic rings. The van der Waals surface area contributed by atoms with Gasteiger partial charge in [-0.3, -0.25) is 0 Å². The highest BCUT2D eigenvalue weighted by molar-refractivity contribution is 5.54. The molecule has 8 nitrogen and oxygen atoms in total. The van der Waals surface area contributed by atoms with Gasteiger partial charge in [-0.2, -0.15) is 10.0 Å². The minimum atomic E-state index is 0.548. The maximum Gasteiger partial charge on any atom is 0.204 e. The van der Waals surface area contributed by atoms with Gasteiger partial charge in [0.1, 0.15) is 0 Å². The third-order valence-corrected chi connectivity index (χ3v) is 3.37. The maximum absolute atomic E-state index is 4.40. The van der Waals surface area contributed by atoms with Gasteiger partial charge >= 0.3 is 0 Å². The first-order valence-corrected chi connectivity index (χ1v) is 7.04. The molecule has 0 saturated heterocycles. The second kappa shape index (κ2) is 5.76. The minimum absolute atomic E-state index is 0.548. The lowest BCUT2D eigenvalue weighted by Crippen LogP contribution is -2.04. The van der Waals surface area contributed by atoms with Crippen molar-refractivity contribution in [2.45, 2.75) is 6.54 Å². The predicted octanol–water partition coefficient (Wildman–Crippen LogP) is 1.57. The van der Waals surface area contributed by atoms with Crippen molar-refractivity contribution in [3.63, 3.8) is 0 Å². The average molecular weight is 304 g/mol. The van der Waals surface area contributed by atoms with Crippen LogP contribution in [-0.4, -0.2) is 40.8 Å². The van der Waals surface area contributed by atoms with Crippen LogP contribution in [0.15, 0.2) is 54.6 Å². The zero-order valence-electron chi connectivity index (χ0n) is 12.0. The Bertz CT molecular complexity index is 881. The molecule has 0 unspecified atom stereocenters. The maximum atomic E-state index is 4.40. The van der Waals surface area contributed by atoms with Crippen molar-refractivity contribution in [2.75, 3.05) is 0 Å². The van der Waals surface area contributed by atoms with Gasteiger partial charge < -0.3 is 0 Å². The molecule has 2 heterocycles. The van der Waals surface area contributed by atoms with Crippen molar-refractivity contribution in [1.29, 1.82) is 0 Å². The van der Waals surface area contributed by atoms with Crippen LogP contribution in [0.25, 0.3) is 22.8 Å². The van der Waals surface area contributed by atoms with Gasteiger partial charge in [-0.1, -0.05) is 54.6 Å². The third kappa shape index (κ3) is 2.82. The third-order valence-electron chi connectivity index (χ3n) is 3.37. The number of rotatable bonds is 4. The van der Waals surface area contributed by atoms with Gasteiger partial charge in [0.05, 0.1) is 6.54 Å². The Hall–Kier alpha value is -3.42. The van der Waals surface area contributed by atoms with Crippen LogP contribution in [0.5, 0.6) is 0 Å². The summed E-state index contributed by atoms with van der Waals surface area (Å²) in [7, 11) is 0. The number of tetrazole rings is 2. The van der Waals surface area contributed by atoms with Crippen molar-refractivity contribution in [3.8, 4) is 22.8 Å². The molecule has 0 aliphatic heterocycles. The Balaban J connectivity index is 1.51. The Kier molecular flexibility index (Phi) is 3.32. The molecule has 0 amide bonds. The van der Waals surface area contributed by atoms with E-state index in [0.29, 0.717) is 18.2 Å². The summed E-state index contributed by atoms with van der Waals surface area (Å²) in [5.74, 6) is 1.19. The van der Waals surface area contributed by atoms with Crippen molar-refractivity contribution >= 4 is 0 Å². The molecule has 112 valence electrons. The number of aromatic nitrogens is 8. The van der Waals surface area contributed by atoms with E-state index in [-0.39, 0.29) is 0 Å². The Morgan fingerprint density at radius 1 is 0.826 bits per heavy atom. The molecule has 8 heteroatoms. The molecule has 0 saturated carbocycles. The fourth-order valence-corrected chi connectivity index (χ4v) is 2.22. The van der Waals surface area contributed by atoms with E-state index in [2.05, 4.69) is 36.0 Å². The summed E-state index contributed by atoms with van der Waals surface area (Å²) in [6.45, 7) is 0.548. The quantitative estimate of drug-likeness (QED) is 0.614. The van der Waals surface area contributed by atoms with Crippen LogP contribution in [0.4, 0.5) is 0 Å². The molecular weight excluding hydrogens is 292 g/mol. The molecule has 0 aliphatic rings. The fourth-order valence-electron chi connectivity index (χ4n) is 2.22. The molecule has 0 bridgehead atoms. The zero-order valence-corrected chi connectivity index (χ0v) is 12.0. The number of hydrogen-bond donors (Lipinski definition) is 1. The van der Waals surface area contributed by atoms with Gasteiger partial charge in [0.25, 0.3) is 0 Å². The summed E-state index contributed by atoms with van der Waals surface area (Å²) >= 11 is 0. The minimum Gasteiger partial charge on any atom is -0.177 e. The van der Waals surface area contributed by atoms with E-state index in [1.165, 1.54) is 0 Å². The molecule has 0 fully saturated rings. The van der Waals surface area contributed by atoms with Gasteiger partial charge in [0.2, 0.25) is 11.6 Å². The van der Waals surface area contributed by atoms with E-state index in [4.69, 9.17) is 0 Å². The van der Waals surface area contributed by atoms with Gasteiger partial charge in [-0.25, -0.2) is 0 Å². The second-order valence-electron chi connectivity index (χ2n) is 4.94. The number of benzene rings is 2. The molecule has 2 aromatic carbocycles. The standard InChI is InChI=1S/C15H12N8/c1-2-4-12(5-3-1)15-18-22-23(19-15)10-11-6-8-13(9-7-11)14-16-20-21-17-14/h1-9H,10H2,(H,16,17,20,21). The average Bonchev–Trinajstić information content (AvgIpc) is 3.28. The lowest BCUT2D eigenvalue weighted by atomic mass is 10.1. The first-order valence-electron chi connectivity index (χ1n) is 7.04. The lowest BCUT2D eigenvalue weighted by Gasteiger charge is -2.00. The first kappa shape index (κ1) is 13.3. The van der Waals surface area contributed by atoms with Crippen LogP contribution in [0.1, 0.15) is 5.56 Å². The molecule has 0 aliphatic carbocycles. The van der Waals surface area contributed by atoms with Crippen LogP contribution in [0, 0.1) is 0 Å². The molecule has 0 spiro atoms. The molecule has 1 N–H and O–H groups in total. The fraction of sp³-hybridized carbons (Fsp3) is 0.0667. The van der Waals surface area contributed by atoms with E-state index in [0.717, 1.165) is 16.7 Å². The summed E-state index contributed by atoms with van der Waals surface area (Å²) in [6, 6.07) is 17.6. The molecule has 2 aromatic heterocycles. The van der Waals surface area contributed by atoms with E-state index >= 15 is 0 Å². The summed E-state index contributed by atoms with van der Waals surface area (Å²) in [4.78, 5) is 1.58. The summed E-state index contributed by atoms with van der Waals surface area (Å²) in [6.07, 6.45) is 0. The number of nitrogens with zero attached hydrogens (tertiary/aromatic N) is 7. The summed E-state index contributed by atoms with van der Waals surface area (Å²) in [5.41, 5.74) is 2.92. The van der Waals surface area contributed by atoms with Crippen LogP contribution in [0.3, 0.4) is 0 Å². The largest absolute Gasteiger partial charge is 0.204 e. The van der Waals surface area contributed by atoms with Gasteiger partial charge in [0, 0.05) is 11.1 Å². The summed E-state index contributed by atoms with van der Waals surface area (Å²) < 4.78 is 0. The normalized spacial score (nSPS) is 10.8. The van der Waals surface area contributed by atoms with Crippen LogP contribution in [0.2, 0.25) is 0 Å². The number of aromatic amines is 1. The molecule has 4 rings (SSSR count). The first-order chi connectivity index (χ1) is 11.4. The van der Waals surface area contributed by atoms with Crippen molar-refractivity contribution in [3.05, 3.63) is 60.2 Å². The lowest BCUT2D eigenvalue weighted by molar-refractivity contribution is 0.573. The van der Waals surface area contributed by atoms with Crippen LogP contribution in [-0.2, 0) is 6.54 Å². The number of nitrogens with one attached hydrogen (secondary N) is 1. The second-order valence-corrected chi connectivity index (χ2v) is 4.94. The van der Waals surface area contributed by atoms with E-state index in [9.17, 15) is 0 Å². The van der Waals surface area contributed by atoms with E-state index in [1.54, 1.807) is 4.80 Å².